The standard InChI is InChI=1S/C13H12N4/c14-6-12-7-15-9-17(12)11-5-10-3-1-2-4-13(10)16-8-11/h1-5,7-9H,6,14H2. The number of nitrogens with two attached hydrogens (primary N) is 1. The van der Waals surface area contributed by atoms with Crippen molar-refractivity contribution in [1.82, 2.24) is 14.5 Å². The van der Waals surface area contributed by atoms with Gasteiger partial charge in [0, 0.05) is 18.1 Å². The lowest BCUT2D eigenvalue weighted by molar-refractivity contribution is 0.907. The third kappa shape index (κ3) is 1.68. The van der Waals surface area contributed by atoms with Gasteiger partial charge in [-0.3, -0.25) is 4.98 Å². The first-order chi connectivity index (χ1) is 8.38. The molecule has 4 nitrogen and oxygen atoms in total. The quantitative estimate of drug-likeness (QED) is 0.723. The number of imidazole rings is 1. The van der Waals surface area contributed by atoms with Crippen molar-refractivity contribution >= 4 is 10.9 Å². The smallest absolute Gasteiger partial charge is 0.0995 e. The van der Waals surface area contributed by atoms with Crippen LogP contribution >= 0.6 is 0 Å². The molecule has 3 aromatic rings. The van der Waals surface area contributed by atoms with E-state index in [1.54, 1.807) is 12.5 Å². The molecule has 0 saturated heterocycles. The van der Waals surface area contributed by atoms with Crippen LogP contribution in [0.25, 0.3) is 16.6 Å². The highest BCUT2D eigenvalue weighted by atomic mass is 15.1. The zero-order valence-electron chi connectivity index (χ0n) is 9.24. The van der Waals surface area contributed by atoms with Gasteiger partial charge in [-0.25, -0.2) is 4.98 Å². The van der Waals surface area contributed by atoms with Gasteiger partial charge in [0.15, 0.2) is 0 Å². The molecular formula is C13H12N4. The van der Waals surface area contributed by atoms with Gasteiger partial charge in [-0.05, 0) is 12.1 Å². The summed E-state index contributed by atoms with van der Waals surface area (Å²) in [6.07, 6.45) is 5.37. The zero-order valence-corrected chi connectivity index (χ0v) is 9.24. The van der Waals surface area contributed by atoms with Crippen molar-refractivity contribution in [2.75, 3.05) is 0 Å². The van der Waals surface area contributed by atoms with Gasteiger partial charge in [-0.15, -0.1) is 0 Å². The van der Waals surface area contributed by atoms with Crippen LogP contribution in [-0.2, 0) is 6.54 Å². The Bertz CT molecular complexity index is 657. The number of benzene rings is 1. The van der Waals surface area contributed by atoms with E-state index in [4.69, 9.17) is 5.73 Å². The monoisotopic (exact) mass is 224 g/mol. The number of rotatable bonds is 2. The van der Waals surface area contributed by atoms with Crippen molar-refractivity contribution in [3.05, 3.63) is 54.7 Å². The van der Waals surface area contributed by atoms with Gasteiger partial charge in [-0.1, -0.05) is 18.2 Å². The molecule has 0 fully saturated rings. The van der Waals surface area contributed by atoms with Crippen molar-refractivity contribution in [2.45, 2.75) is 6.54 Å². The number of fused-ring (bicyclic) bond motifs is 1. The molecule has 0 unspecified atom stereocenters. The summed E-state index contributed by atoms with van der Waals surface area (Å²) in [4.78, 5) is 8.53. The first kappa shape index (κ1) is 9.99. The van der Waals surface area contributed by atoms with Crippen molar-refractivity contribution in [1.29, 1.82) is 0 Å². The number of nitrogens with zero attached hydrogens (tertiary/aromatic N) is 3. The fraction of sp³-hybridized carbons (Fsp3) is 0.0769. The molecule has 0 aliphatic carbocycles. The van der Waals surface area contributed by atoms with Gasteiger partial charge < -0.3 is 10.3 Å². The molecule has 2 heterocycles. The summed E-state index contributed by atoms with van der Waals surface area (Å²) in [5, 5.41) is 1.11. The number of aromatic nitrogens is 3. The summed E-state index contributed by atoms with van der Waals surface area (Å²) in [6.45, 7) is 0.465. The Morgan fingerprint density at radius 1 is 1.18 bits per heavy atom. The highest BCUT2D eigenvalue weighted by molar-refractivity contribution is 5.80. The van der Waals surface area contributed by atoms with Crippen LogP contribution in [0.15, 0.2) is 49.1 Å². The molecule has 0 radical (unpaired) electrons. The number of pyridine rings is 1. The Labute approximate surface area is 98.7 Å². The fourth-order valence-corrected chi connectivity index (χ4v) is 1.90. The maximum Gasteiger partial charge on any atom is 0.0995 e. The van der Waals surface area contributed by atoms with Crippen molar-refractivity contribution < 1.29 is 0 Å². The van der Waals surface area contributed by atoms with Gasteiger partial charge in [0.2, 0.25) is 0 Å². The van der Waals surface area contributed by atoms with Crippen LogP contribution < -0.4 is 5.73 Å². The van der Waals surface area contributed by atoms with Gasteiger partial charge in [-0.2, -0.15) is 0 Å². The van der Waals surface area contributed by atoms with Crippen molar-refractivity contribution in [3.8, 4) is 5.69 Å². The van der Waals surface area contributed by atoms with E-state index < -0.39 is 0 Å². The largest absolute Gasteiger partial charge is 0.325 e. The highest BCUT2D eigenvalue weighted by Crippen LogP contribution is 2.16. The molecule has 0 aliphatic heterocycles. The Morgan fingerprint density at radius 2 is 2.06 bits per heavy atom. The second-order valence-corrected chi connectivity index (χ2v) is 3.85. The third-order valence-corrected chi connectivity index (χ3v) is 2.78. The average Bonchev–Trinajstić information content (AvgIpc) is 2.86. The van der Waals surface area contributed by atoms with Crippen LogP contribution in [0.1, 0.15) is 5.69 Å². The molecule has 2 aromatic heterocycles. The number of hydrogen-bond donors (Lipinski definition) is 1. The molecule has 2 N–H and O–H groups in total. The Hall–Kier alpha value is -2.20. The molecule has 0 amide bonds. The van der Waals surface area contributed by atoms with E-state index >= 15 is 0 Å². The maximum absolute atomic E-state index is 5.66. The second-order valence-electron chi connectivity index (χ2n) is 3.85. The maximum atomic E-state index is 5.66. The van der Waals surface area contributed by atoms with Crippen LogP contribution in [0.2, 0.25) is 0 Å². The first-order valence-corrected chi connectivity index (χ1v) is 5.45. The highest BCUT2D eigenvalue weighted by Gasteiger charge is 2.03. The van der Waals surface area contributed by atoms with E-state index in [2.05, 4.69) is 16.0 Å². The van der Waals surface area contributed by atoms with Crippen LogP contribution in [0.5, 0.6) is 0 Å². The SMILES string of the molecule is NCc1cncn1-c1cnc2ccccc2c1. The zero-order chi connectivity index (χ0) is 11.7. The van der Waals surface area contributed by atoms with Crippen LogP contribution in [-0.4, -0.2) is 14.5 Å². The average molecular weight is 224 g/mol. The molecule has 4 heteroatoms. The number of para-hydroxylation sites is 1. The molecule has 0 atom stereocenters. The van der Waals surface area contributed by atoms with E-state index in [-0.39, 0.29) is 0 Å². The molecular weight excluding hydrogens is 212 g/mol. The van der Waals surface area contributed by atoms with E-state index in [0.717, 1.165) is 22.3 Å². The van der Waals surface area contributed by atoms with Gasteiger partial charge >= 0.3 is 0 Å². The van der Waals surface area contributed by atoms with E-state index in [1.165, 1.54) is 0 Å². The van der Waals surface area contributed by atoms with Crippen LogP contribution in [0.4, 0.5) is 0 Å². The summed E-state index contributed by atoms with van der Waals surface area (Å²) >= 11 is 0. The predicted molar refractivity (Wildman–Crippen MR) is 66.8 cm³/mol. The summed E-state index contributed by atoms with van der Waals surface area (Å²) in [7, 11) is 0. The summed E-state index contributed by atoms with van der Waals surface area (Å²) in [5.74, 6) is 0. The number of hydrogen-bond acceptors (Lipinski definition) is 3. The van der Waals surface area contributed by atoms with E-state index in [1.807, 2.05) is 35.0 Å². The summed E-state index contributed by atoms with van der Waals surface area (Å²) < 4.78 is 1.96. The van der Waals surface area contributed by atoms with Crippen LogP contribution in [0, 0.1) is 0 Å². The predicted octanol–water partition coefficient (Wildman–Crippen LogP) is 1.88. The minimum atomic E-state index is 0.465. The van der Waals surface area contributed by atoms with Crippen molar-refractivity contribution in [3.63, 3.8) is 0 Å². The van der Waals surface area contributed by atoms with Crippen molar-refractivity contribution in [2.24, 2.45) is 5.73 Å². The first-order valence-electron chi connectivity index (χ1n) is 5.45. The normalized spacial score (nSPS) is 10.9. The molecule has 0 spiro atoms. The summed E-state index contributed by atoms with van der Waals surface area (Å²) in [5.41, 5.74) is 8.62. The lowest BCUT2D eigenvalue weighted by atomic mass is 10.2. The Balaban J connectivity index is 2.18. The van der Waals surface area contributed by atoms with Gasteiger partial charge in [0.25, 0.3) is 0 Å². The lowest BCUT2D eigenvalue weighted by Gasteiger charge is -2.07. The van der Waals surface area contributed by atoms with Gasteiger partial charge in [0.1, 0.15) is 0 Å². The molecule has 84 valence electrons. The lowest BCUT2D eigenvalue weighted by Crippen LogP contribution is -2.04. The molecule has 3 rings (SSSR count). The van der Waals surface area contributed by atoms with E-state index in [9.17, 15) is 0 Å². The third-order valence-electron chi connectivity index (χ3n) is 2.78. The fourth-order valence-electron chi connectivity index (χ4n) is 1.90. The molecule has 0 bridgehead atoms. The van der Waals surface area contributed by atoms with E-state index in [0.29, 0.717) is 6.54 Å². The van der Waals surface area contributed by atoms with Gasteiger partial charge in [0.05, 0.1) is 29.4 Å². The molecule has 0 aliphatic rings. The van der Waals surface area contributed by atoms with Crippen LogP contribution in [0.3, 0.4) is 0 Å². The Morgan fingerprint density at radius 3 is 2.94 bits per heavy atom. The molecule has 17 heavy (non-hydrogen) atoms. The minimum absolute atomic E-state index is 0.465. The molecule has 0 saturated carbocycles. The summed E-state index contributed by atoms with van der Waals surface area (Å²) in [6, 6.07) is 10.1. The topological polar surface area (TPSA) is 56.7 Å². The molecule has 1 aromatic carbocycles. The second kappa shape index (κ2) is 3.99. The Kier molecular flexibility index (Phi) is 2.34. The minimum Gasteiger partial charge on any atom is -0.325 e.